The number of carbonyl (C=O) groups is 3. The minimum absolute atomic E-state index is 0.100. The van der Waals surface area contributed by atoms with E-state index in [4.69, 9.17) is 5.11 Å². The molecule has 2 rings (SSSR count). The number of rotatable bonds is 7. The number of hydrogen-bond acceptors (Lipinski definition) is 7. The summed E-state index contributed by atoms with van der Waals surface area (Å²) in [5, 5.41) is 43.0. The highest BCUT2D eigenvalue weighted by atomic mass is 16.4. The fraction of sp³-hybridized carbons (Fsp3) is 0.176. The number of anilines is 1. The van der Waals surface area contributed by atoms with Gasteiger partial charge in [-0.1, -0.05) is 12.1 Å². The predicted octanol–water partition coefficient (Wildman–Crippen LogP) is -0.203. The molecule has 10 nitrogen and oxygen atoms in total. The number of nitrogens with one attached hydrogen (secondary N) is 2. The third-order valence-electron chi connectivity index (χ3n) is 3.80. The van der Waals surface area contributed by atoms with Gasteiger partial charge in [0.25, 0.3) is 5.91 Å². The molecule has 0 saturated carbocycles. The largest absolute Gasteiger partial charge is 0.507 e. The van der Waals surface area contributed by atoms with Gasteiger partial charge in [-0.3, -0.25) is 9.59 Å². The molecule has 0 radical (unpaired) electrons. The van der Waals surface area contributed by atoms with Gasteiger partial charge in [0, 0.05) is 13.1 Å². The number of para-hydroxylation sites is 1. The number of phenols is 1. The minimum atomic E-state index is -1.97. The van der Waals surface area contributed by atoms with Crippen LogP contribution in [-0.4, -0.2) is 56.1 Å². The van der Waals surface area contributed by atoms with E-state index in [-0.39, 0.29) is 34.8 Å². The van der Waals surface area contributed by atoms with E-state index in [2.05, 4.69) is 15.6 Å². The molecular formula is C17H18BN3O7. The van der Waals surface area contributed by atoms with Crippen LogP contribution in [-0.2, 0) is 11.2 Å². The zero-order chi connectivity index (χ0) is 20.8. The molecule has 2 aromatic rings. The van der Waals surface area contributed by atoms with Gasteiger partial charge in [-0.05, 0) is 30.2 Å². The van der Waals surface area contributed by atoms with Gasteiger partial charge in [0.05, 0.1) is 11.5 Å². The summed E-state index contributed by atoms with van der Waals surface area (Å²) in [5.74, 6) is -3.83. The molecule has 2 amide bonds. The Morgan fingerprint density at radius 2 is 1.89 bits per heavy atom. The molecule has 0 aliphatic carbocycles. The molecule has 1 aromatic heterocycles. The Bertz CT molecular complexity index is 887. The van der Waals surface area contributed by atoms with Crippen LogP contribution >= 0.6 is 0 Å². The van der Waals surface area contributed by atoms with Gasteiger partial charge < -0.3 is 30.9 Å². The van der Waals surface area contributed by atoms with Crippen molar-refractivity contribution in [1.29, 1.82) is 0 Å². The summed E-state index contributed by atoms with van der Waals surface area (Å²) in [6, 6.07) is 6.80. The van der Waals surface area contributed by atoms with Gasteiger partial charge in [-0.25, -0.2) is 9.78 Å². The van der Waals surface area contributed by atoms with E-state index in [1.807, 2.05) is 0 Å². The van der Waals surface area contributed by atoms with E-state index >= 15 is 0 Å². The number of carboxylic acids is 1. The Labute approximate surface area is 160 Å². The standard InChI is InChI=1S/C17H18BN3O7/c1-9(22)20-14-6-5-11(8-19-14)16(24)21-13(18(27)28)7-10-3-2-4-12(15(10)23)17(25)26/h2-6,8,13,23,27-28H,7H2,1H3,(H,21,24)(H,25,26)(H,19,20,22). The first kappa shape index (κ1) is 20.9. The monoisotopic (exact) mass is 387 g/mol. The molecule has 0 aliphatic heterocycles. The molecule has 146 valence electrons. The lowest BCUT2D eigenvalue weighted by Crippen LogP contribution is -2.48. The van der Waals surface area contributed by atoms with Gasteiger partial charge >= 0.3 is 13.1 Å². The lowest BCUT2D eigenvalue weighted by molar-refractivity contribution is -0.114. The van der Waals surface area contributed by atoms with Crippen molar-refractivity contribution in [3.05, 3.63) is 53.2 Å². The van der Waals surface area contributed by atoms with Gasteiger partial charge in [0.2, 0.25) is 5.91 Å². The number of carbonyl (C=O) groups excluding carboxylic acids is 2. The number of aromatic hydroxyl groups is 1. The van der Waals surface area contributed by atoms with E-state index in [0.717, 1.165) is 0 Å². The number of carboxylic acid groups (broad SMARTS) is 1. The molecule has 1 heterocycles. The van der Waals surface area contributed by atoms with Crippen LogP contribution in [0.4, 0.5) is 5.82 Å². The number of hydrogen-bond donors (Lipinski definition) is 6. The average Bonchev–Trinajstić information content (AvgIpc) is 2.62. The summed E-state index contributed by atoms with van der Waals surface area (Å²) >= 11 is 0. The second kappa shape index (κ2) is 8.97. The van der Waals surface area contributed by atoms with Crippen molar-refractivity contribution in [2.24, 2.45) is 0 Å². The van der Waals surface area contributed by atoms with Crippen LogP contribution in [0.25, 0.3) is 0 Å². The summed E-state index contributed by atoms with van der Waals surface area (Å²) in [4.78, 5) is 38.3. The molecular weight excluding hydrogens is 369 g/mol. The highest BCUT2D eigenvalue weighted by Crippen LogP contribution is 2.24. The minimum Gasteiger partial charge on any atom is -0.507 e. The SMILES string of the molecule is CC(=O)Nc1ccc(C(=O)NC(Cc2cccc(C(=O)O)c2O)B(O)O)cn1. The number of aromatic carboxylic acids is 1. The number of amides is 2. The zero-order valence-electron chi connectivity index (χ0n) is 14.8. The van der Waals surface area contributed by atoms with Crippen molar-refractivity contribution in [1.82, 2.24) is 10.3 Å². The normalized spacial score (nSPS) is 11.4. The van der Waals surface area contributed by atoms with Gasteiger partial charge in [-0.15, -0.1) is 0 Å². The van der Waals surface area contributed by atoms with Crippen LogP contribution in [0.5, 0.6) is 5.75 Å². The summed E-state index contributed by atoms with van der Waals surface area (Å²) in [7, 11) is -1.97. The second-order valence-electron chi connectivity index (χ2n) is 5.93. The number of benzene rings is 1. The Balaban J connectivity index is 2.15. The van der Waals surface area contributed by atoms with Gasteiger partial charge in [-0.2, -0.15) is 0 Å². The van der Waals surface area contributed by atoms with Gasteiger partial charge in [0.15, 0.2) is 0 Å². The summed E-state index contributed by atoms with van der Waals surface area (Å²) in [5.41, 5.74) is -0.117. The van der Waals surface area contributed by atoms with Crippen LogP contribution in [0.2, 0.25) is 0 Å². The van der Waals surface area contributed by atoms with Crippen LogP contribution in [0.3, 0.4) is 0 Å². The molecule has 0 aliphatic rings. The molecule has 0 saturated heterocycles. The first-order valence-electron chi connectivity index (χ1n) is 8.13. The maximum absolute atomic E-state index is 12.3. The lowest BCUT2D eigenvalue weighted by atomic mass is 9.75. The van der Waals surface area contributed by atoms with Gasteiger partial charge in [0.1, 0.15) is 17.1 Å². The third kappa shape index (κ3) is 5.28. The molecule has 6 N–H and O–H groups in total. The third-order valence-corrected chi connectivity index (χ3v) is 3.80. The molecule has 1 aromatic carbocycles. The molecule has 0 spiro atoms. The topological polar surface area (TPSA) is 169 Å². The number of pyridine rings is 1. The zero-order valence-corrected chi connectivity index (χ0v) is 14.8. The average molecular weight is 387 g/mol. The second-order valence-corrected chi connectivity index (χ2v) is 5.93. The molecule has 0 bridgehead atoms. The van der Waals surface area contributed by atoms with Crippen molar-refractivity contribution in [2.45, 2.75) is 19.3 Å². The van der Waals surface area contributed by atoms with E-state index < -0.39 is 30.7 Å². The number of nitrogens with zero attached hydrogens (tertiary/aromatic N) is 1. The lowest BCUT2D eigenvalue weighted by Gasteiger charge is -2.19. The van der Waals surface area contributed by atoms with Crippen molar-refractivity contribution in [3.63, 3.8) is 0 Å². The van der Waals surface area contributed by atoms with Crippen LogP contribution in [0.1, 0.15) is 33.2 Å². The number of aromatic nitrogens is 1. The highest BCUT2D eigenvalue weighted by molar-refractivity contribution is 6.43. The molecule has 11 heteroatoms. The summed E-state index contributed by atoms with van der Waals surface area (Å²) in [6.07, 6.45) is 0.970. The van der Waals surface area contributed by atoms with Crippen molar-refractivity contribution in [3.8, 4) is 5.75 Å². The fourth-order valence-electron chi connectivity index (χ4n) is 2.43. The first-order valence-corrected chi connectivity index (χ1v) is 8.13. The Morgan fingerprint density at radius 3 is 2.43 bits per heavy atom. The fourth-order valence-corrected chi connectivity index (χ4v) is 2.43. The molecule has 1 unspecified atom stereocenters. The van der Waals surface area contributed by atoms with E-state index in [9.17, 15) is 29.5 Å². The molecule has 1 atom stereocenters. The van der Waals surface area contributed by atoms with Crippen molar-refractivity contribution < 1.29 is 34.6 Å². The summed E-state index contributed by atoms with van der Waals surface area (Å²) < 4.78 is 0. The Kier molecular flexibility index (Phi) is 6.69. The Hall–Kier alpha value is -3.44. The maximum Gasteiger partial charge on any atom is 0.475 e. The summed E-state index contributed by atoms with van der Waals surface area (Å²) in [6.45, 7) is 1.31. The van der Waals surface area contributed by atoms with E-state index in [0.29, 0.717) is 0 Å². The van der Waals surface area contributed by atoms with E-state index in [1.54, 1.807) is 0 Å². The predicted molar refractivity (Wildman–Crippen MR) is 98.8 cm³/mol. The van der Waals surface area contributed by atoms with Crippen molar-refractivity contribution in [2.75, 3.05) is 5.32 Å². The van der Waals surface area contributed by atoms with Crippen molar-refractivity contribution >= 4 is 30.7 Å². The van der Waals surface area contributed by atoms with Crippen LogP contribution in [0, 0.1) is 0 Å². The highest BCUT2D eigenvalue weighted by Gasteiger charge is 2.28. The van der Waals surface area contributed by atoms with Crippen LogP contribution < -0.4 is 10.6 Å². The Morgan fingerprint density at radius 1 is 1.18 bits per heavy atom. The molecule has 28 heavy (non-hydrogen) atoms. The quantitative estimate of drug-likeness (QED) is 0.355. The first-order chi connectivity index (χ1) is 13.2. The maximum atomic E-state index is 12.3. The van der Waals surface area contributed by atoms with E-state index in [1.165, 1.54) is 43.5 Å². The smallest absolute Gasteiger partial charge is 0.475 e. The molecule has 0 fully saturated rings. The van der Waals surface area contributed by atoms with Crippen LogP contribution in [0.15, 0.2) is 36.5 Å².